The lowest BCUT2D eigenvalue weighted by Gasteiger charge is -2.29. The normalized spacial score (nSPS) is 14.3. The standard InChI is InChI=1S/C30H34N4O4/c1-19-8-7-9-20(2)26(19)34-30(37)32-25-18-23(21-14-16-31-17-15-21)12-13-24(25)28(35)33-27(29(36)38-3)22-10-5-4-6-11-22/h7-9,12-18,22,27H,4-6,10-11H2,1-3H3,(H,33,35)(H2,32,34,37)/t27-/m0/s1. The molecule has 3 amide bonds. The molecule has 1 saturated carbocycles. The number of benzene rings is 2. The molecule has 0 radical (unpaired) electrons. The van der Waals surface area contributed by atoms with Crippen LogP contribution in [0.4, 0.5) is 16.2 Å². The third-order valence-electron chi connectivity index (χ3n) is 7.11. The predicted molar refractivity (Wildman–Crippen MR) is 148 cm³/mol. The first-order chi connectivity index (χ1) is 18.4. The molecule has 3 aromatic rings. The Hall–Kier alpha value is -4.20. The van der Waals surface area contributed by atoms with Gasteiger partial charge in [0, 0.05) is 18.1 Å². The summed E-state index contributed by atoms with van der Waals surface area (Å²) in [6.07, 6.45) is 8.22. The summed E-state index contributed by atoms with van der Waals surface area (Å²) in [7, 11) is 1.33. The maximum atomic E-state index is 13.5. The predicted octanol–water partition coefficient (Wildman–Crippen LogP) is 5.86. The fraction of sp³-hybridized carbons (Fsp3) is 0.333. The molecule has 1 atom stereocenters. The minimum absolute atomic E-state index is 0.0139. The van der Waals surface area contributed by atoms with Gasteiger partial charge in [0.2, 0.25) is 0 Å². The largest absolute Gasteiger partial charge is 0.467 e. The van der Waals surface area contributed by atoms with Crippen LogP contribution in [-0.4, -0.2) is 36.0 Å². The molecule has 2 aromatic carbocycles. The average molecular weight is 515 g/mol. The fourth-order valence-electron chi connectivity index (χ4n) is 5.03. The molecule has 0 unspecified atom stereocenters. The Balaban J connectivity index is 1.64. The molecule has 8 heteroatoms. The Kier molecular flexibility index (Phi) is 8.73. The molecule has 1 aliphatic carbocycles. The molecule has 8 nitrogen and oxygen atoms in total. The van der Waals surface area contributed by atoms with Gasteiger partial charge in [-0.05, 0) is 79.1 Å². The molecule has 0 bridgehead atoms. The highest BCUT2D eigenvalue weighted by Gasteiger charge is 2.32. The van der Waals surface area contributed by atoms with Gasteiger partial charge in [0.25, 0.3) is 5.91 Å². The number of aromatic nitrogens is 1. The number of methoxy groups -OCH3 is 1. The lowest BCUT2D eigenvalue weighted by Crippen LogP contribution is -2.47. The fourth-order valence-corrected chi connectivity index (χ4v) is 5.03. The van der Waals surface area contributed by atoms with Crippen LogP contribution in [0, 0.1) is 19.8 Å². The Morgan fingerprint density at radius 1 is 0.895 bits per heavy atom. The van der Waals surface area contributed by atoms with Crippen molar-refractivity contribution < 1.29 is 19.1 Å². The van der Waals surface area contributed by atoms with Crippen molar-refractivity contribution in [2.24, 2.45) is 5.92 Å². The van der Waals surface area contributed by atoms with Gasteiger partial charge in [-0.2, -0.15) is 0 Å². The highest BCUT2D eigenvalue weighted by molar-refractivity contribution is 6.08. The van der Waals surface area contributed by atoms with E-state index in [1.165, 1.54) is 7.11 Å². The number of hydrogen-bond donors (Lipinski definition) is 3. The molecule has 1 aromatic heterocycles. The molecule has 4 rings (SSSR count). The molecular weight excluding hydrogens is 480 g/mol. The number of ether oxygens (including phenoxy) is 1. The number of rotatable bonds is 7. The molecule has 198 valence electrons. The van der Waals surface area contributed by atoms with Crippen LogP contribution in [-0.2, 0) is 9.53 Å². The second-order valence-electron chi connectivity index (χ2n) is 9.71. The number of esters is 1. The van der Waals surface area contributed by atoms with Crippen molar-refractivity contribution >= 4 is 29.3 Å². The number of anilines is 2. The van der Waals surface area contributed by atoms with Gasteiger partial charge in [-0.15, -0.1) is 0 Å². The maximum absolute atomic E-state index is 13.5. The number of nitrogens with zero attached hydrogens (tertiary/aromatic N) is 1. The second kappa shape index (κ2) is 12.4. The number of urea groups is 1. The van der Waals surface area contributed by atoms with Crippen molar-refractivity contribution in [2.45, 2.75) is 52.0 Å². The summed E-state index contributed by atoms with van der Waals surface area (Å²) in [6.45, 7) is 3.84. The molecule has 0 spiro atoms. The molecule has 1 heterocycles. The Labute approximate surface area is 223 Å². The lowest BCUT2D eigenvalue weighted by atomic mass is 9.83. The zero-order valence-electron chi connectivity index (χ0n) is 22.0. The first-order valence-corrected chi connectivity index (χ1v) is 12.9. The number of nitrogens with one attached hydrogen (secondary N) is 3. The topological polar surface area (TPSA) is 109 Å². The van der Waals surface area contributed by atoms with E-state index in [0.29, 0.717) is 11.4 Å². The summed E-state index contributed by atoms with van der Waals surface area (Å²) < 4.78 is 5.02. The van der Waals surface area contributed by atoms with Crippen molar-refractivity contribution in [2.75, 3.05) is 17.7 Å². The third-order valence-corrected chi connectivity index (χ3v) is 7.11. The van der Waals surface area contributed by atoms with Crippen molar-refractivity contribution in [1.82, 2.24) is 10.3 Å². The van der Waals surface area contributed by atoms with E-state index in [1.54, 1.807) is 24.5 Å². The van der Waals surface area contributed by atoms with Gasteiger partial charge in [0.05, 0.1) is 18.4 Å². The van der Waals surface area contributed by atoms with Crippen LogP contribution in [0.1, 0.15) is 53.6 Å². The Morgan fingerprint density at radius 3 is 2.24 bits per heavy atom. The summed E-state index contributed by atoms with van der Waals surface area (Å²) >= 11 is 0. The van der Waals surface area contributed by atoms with E-state index in [9.17, 15) is 14.4 Å². The second-order valence-corrected chi connectivity index (χ2v) is 9.71. The van der Waals surface area contributed by atoms with Crippen molar-refractivity contribution in [3.8, 4) is 11.1 Å². The van der Waals surface area contributed by atoms with Crippen LogP contribution in [0.5, 0.6) is 0 Å². The van der Waals surface area contributed by atoms with Gasteiger partial charge in [-0.3, -0.25) is 9.78 Å². The first kappa shape index (κ1) is 26.9. The monoisotopic (exact) mass is 514 g/mol. The Morgan fingerprint density at radius 2 is 1.58 bits per heavy atom. The van der Waals surface area contributed by atoms with Crippen molar-refractivity contribution in [3.63, 3.8) is 0 Å². The number of amides is 3. The number of carbonyl (C=O) groups is 3. The molecule has 1 aliphatic rings. The van der Waals surface area contributed by atoms with E-state index < -0.39 is 23.9 Å². The van der Waals surface area contributed by atoms with Gasteiger partial charge >= 0.3 is 12.0 Å². The quantitative estimate of drug-likeness (QED) is 0.342. The van der Waals surface area contributed by atoms with Gasteiger partial charge in [0.1, 0.15) is 6.04 Å². The SMILES string of the molecule is COC(=O)[C@@H](NC(=O)c1ccc(-c2ccncc2)cc1NC(=O)Nc1c(C)cccc1C)C1CCCCC1. The third kappa shape index (κ3) is 6.37. The van der Waals surface area contributed by atoms with Gasteiger partial charge in [0.15, 0.2) is 0 Å². The summed E-state index contributed by atoms with van der Waals surface area (Å²) in [5, 5.41) is 8.66. The zero-order chi connectivity index (χ0) is 27.1. The van der Waals surface area contributed by atoms with E-state index in [0.717, 1.165) is 54.4 Å². The van der Waals surface area contributed by atoms with Gasteiger partial charge < -0.3 is 20.7 Å². The molecule has 0 saturated heterocycles. The number of aryl methyl sites for hydroxylation is 2. The lowest BCUT2D eigenvalue weighted by molar-refractivity contribution is -0.144. The summed E-state index contributed by atoms with van der Waals surface area (Å²) in [6, 6.07) is 13.5. The molecule has 3 N–H and O–H groups in total. The number of para-hydroxylation sites is 1. The zero-order valence-corrected chi connectivity index (χ0v) is 22.0. The summed E-state index contributed by atoms with van der Waals surface area (Å²) in [5.41, 5.74) is 4.85. The molecule has 0 aliphatic heterocycles. The minimum Gasteiger partial charge on any atom is -0.467 e. The van der Waals surface area contributed by atoms with E-state index in [4.69, 9.17) is 4.74 Å². The number of carbonyl (C=O) groups excluding carboxylic acids is 3. The van der Waals surface area contributed by atoms with Crippen molar-refractivity contribution in [3.05, 3.63) is 77.6 Å². The van der Waals surface area contributed by atoms with E-state index in [2.05, 4.69) is 20.9 Å². The Bertz CT molecular complexity index is 1280. The van der Waals surface area contributed by atoms with Gasteiger partial charge in [-0.1, -0.05) is 43.5 Å². The first-order valence-electron chi connectivity index (χ1n) is 12.9. The van der Waals surface area contributed by atoms with E-state index >= 15 is 0 Å². The van der Waals surface area contributed by atoms with Gasteiger partial charge in [-0.25, -0.2) is 9.59 Å². The van der Waals surface area contributed by atoms with Crippen LogP contribution in [0.3, 0.4) is 0 Å². The van der Waals surface area contributed by atoms with E-state index in [-0.39, 0.29) is 11.5 Å². The van der Waals surface area contributed by atoms with Crippen LogP contribution >= 0.6 is 0 Å². The molecule has 1 fully saturated rings. The highest BCUT2D eigenvalue weighted by Crippen LogP contribution is 2.29. The van der Waals surface area contributed by atoms with Crippen LogP contribution in [0.15, 0.2) is 60.9 Å². The molecule has 38 heavy (non-hydrogen) atoms. The van der Waals surface area contributed by atoms with Crippen LogP contribution in [0.25, 0.3) is 11.1 Å². The van der Waals surface area contributed by atoms with Crippen molar-refractivity contribution in [1.29, 1.82) is 0 Å². The van der Waals surface area contributed by atoms with E-state index in [1.807, 2.05) is 50.2 Å². The smallest absolute Gasteiger partial charge is 0.328 e. The number of hydrogen-bond acceptors (Lipinski definition) is 5. The maximum Gasteiger partial charge on any atom is 0.328 e. The summed E-state index contributed by atoms with van der Waals surface area (Å²) in [4.78, 5) is 43.3. The van der Waals surface area contributed by atoms with Crippen LogP contribution in [0.2, 0.25) is 0 Å². The average Bonchev–Trinajstić information content (AvgIpc) is 2.94. The highest BCUT2D eigenvalue weighted by atomic mass is 16.5. The summed E-state index contributed by atoms with van der Waals surface area (Å²) in [5.74, 6) is -0.893. The molecular formula is C30H34N4O4. The van der Waals surface area contributed by atoms with Crippen LogP contribution < -0.4 is 16.0 Å². The minimum atomic E-state index is -0.746. The number of pyridine rings is 1.